The molecule has 160 valence electrons. The van der Waals surface area contributed by atoms with Crippen molar-refractivity contribution in [1.29, 1.82) is 0 Å². The van der Waals surface area contributed by atoms with Crippen molar-refractivity contribution in [2.24, 2.45) is 5.92 Å². The van der Waals surface area contributed by atoms with Gasteiger partial charge in [0.25, 0.3) is 0 Å². The second kappa shape index (κ2) is 8.68. The number of hydrazine groups is 1. The zero-order valence-corrected chi connectivity index (χ0v) is 15.0. The summed E-state index contributed by atoms with van der Waals surface area (Å²) in [7, 11) is 0. The van der Waals surface area contributed by atoms with E-state index in [4.69, 9.17) is 0 Å². The number of alkyl halides is 3. The minimum atomic E-state index is -4.90. The van der Waals surface area contributed by atoms with Gasteiger partial charge in [-0.15, -0.1) is 0 Å². The van der Waals surface area contributed by atoms with Gasteiger partial charge < -0.3 is 10.4 Å². The lowest BCUT2D eigenvalue weighted by Gasteiger charge is -2.21. The number of hydrogen-bond donors (Lipinski definition) is 4. The molecule has 4 N–H and O–H groups in total. The number of anilines is 3. The minimum Gasteiger partial charge on any atom is -0.394 e. The third kappa shape index (κ3) is 5.37. The molecular weight excluding hydrogens is 411 g/mol. The minimum absolute atomic E-state index is 0.0226. The Hall–Kier alpha value is -2.83. The van der Waals surface area contributed by atoms with E-state index >= 15 is 0 Å². The summed E-state index contributed by atoms with van der Waals surface area (Å²) in [6.45, 7) is 2.94. The third-order valence-electron chi connectivity index (χ3n) is 3.76. The van der Waals surface area contributed by atoms with Crippen LogP contribution in [0.1, 0.15) is 19.5 Å². The highest BCUT2D eigenvalue weighted by molar-refractivity contribution is 5.53. The van der Waals surface area contributed by atoms with Crippen molar-refractivity contribution < 1.29 is 35.8 Å². The van der Waals surface area contributed by atoms with Gasteiger partial charge in [-0.25, -0.2) is 22.5 Å². The molecule has 0 aliphatic carbocycles. The van der Waals surface area contributed by atoms with E-state index in [-0.39, 0.29) is 12.0 Å². The van der Waals surface area contributed by atoms with E-state index in [1.165, 1.54) is 0 Å². The Morgan fingerprint density at radius 3 is 2.03 bits per heavy atom. The first-order chi connectivity index (χ1) is 13.4. The highest BCUT2D eigenvalue weighted by Gasteiger charge is 2.34. The summed E-state index contributed by atoms with van der Waals surface area (Å²) in [6, 6.07) is -0.301. The van der Waals surface area contributed by atoms with Crippen LogP contribution in [-0.4, -0.2) is 27.7 Å². The molecule has 0 bridgehead atoms. The van der Waals surface area contributed by atoms with Crippen LogP contribution in [0.4, 0.5) is 48.2 Å². The van der Waals surface area contributed by atoms with Crippen molar-refractivity contribution >= 4 is 17.5 Å². The Morgan fingerprint density at radius 2 is 1.55 bits per heavy atom. The lowest BCUT2D eigenvalue weighted by atomic mass is 10.1. The summed E-state index contributed by atoms with van der Waals surface area (Å²) in [6.07, 6.45) is -4.90. The van der Waals surface area contributed by atoms with Crippen LogP contribution >= 0.6 is 0 Å². The van der Waals surface area contributed by atoms with Crippen molar-refractivity contribution in [2.75, 3.05) is 22.8 Å². The van der Waals surface area contributed by atoms with E-state index in [0.29, 0.717) is 6.07 Å². The van der Waals surface area contributed by atoms with Crippen LogP contribution in [0.2, 0.25) is 0 Å². The number of aliphatic hydroxyl groups excluding tert-OH is 1. The molecule has 2 rings (SSSR count). The van der Waals surface area contributed by atoms with Crippen LogP contribution < -0.4 is 16.2 Å². The van der Waals surface area contributed by atoms with E-state index in [0.717, 1.165) is 0 Å². The molecule has 0 saturated carbocycles. The highest BCUT2D eigenvalue weighted by atomic mass is 19.4. The fourth-order valence-electron chi connectivity index (χ4n) is 2.12. The van der Waals surface area contributed by atoms with Crippen molar-refractivity contribution in [2.45, 2.75) is 26.1 Å². The maximum Gasteiger partial charge on any atom is 0.433 e. The molecule has 1 aromatic heterocycles. The molecule has 0 unspecified atom stereocenters. The Balaban J connectivity index is 2.36. The molecule has 1 atom stereocenters. The SMILES string of the molecule is CC(C)[C@H](CO)Nc1nc(NNc2c(F)c(F)cc(F)c2F)cc(C(F)(F)F)n1. The summed E-state index contributed by atoms with van der Waals surface area (Å²) >= 11 is 0. The standard InChI is InChI=1S/C16H16F7N5O/c1-6(2)9(5-29)24-15-25-10(16(21,22)23)4-11(26-15)27-28-14-12(19)7(17)3-8(18)13(14)20/h3-4,6,9,28-29H,5H2,1-2H3,(H2,24,25,26,27)/t9-/m0/s1. The Kier molecular flexibility index (Phi) is 6.72. The predicted molar refractivity (Wildman–Crippen MR) is 89.9 cm³/mol. The van der Waals surface area contributed by atoms with Gasteiger partial charge in [-0.3, -0.25) is 10.9 Å². The summed E-state index contributed by atoms with van der Waals surface area (Å²) in [5, 5.41) is 11.8. The molecule has 0 amide bonds. The quantitative estimate of drug-likeness (QED) is 0.305. The first-order valence-corrected chi connectivity index (χ1v) is 8.12. The topological polar surface area (TPSA) is 82.1 Å². The maximum atomic E-state index is 13.7. The number of hydrogen-bond acceptors (Lipinski definition) is 6. The number of benzene rings is 1. The molecule has 13 heteroatoms. The number of aromatic nitrogens is 2. The van der Waals surface area contributed by atoms with Gasteiger partial charge in [0.15, 0.2) is 34.8 Å². The molecule has 0 fully saturated rings. The van der Waals surface area contributed by atoms with Crippen molar-refractivity contribution in [3.8, 4) is 0 Å². The fraction of sp³-hybridized carbons (Fsp3) is 0.375. The fourth-order valence-corrected chi connectivity index (χ4v) is 2.12. The van der Waals surface area contributed by atoms with E-state index in [1.54, 1.807) is 19.3 Å². The second-order valence-electron chi connectivity index (χ2n) is 6.23. The van der Waals surface area contributed by atoms with Gasteiger partial charge >= 0.3 is 6.18 Å². The molecule has 2 aromatic rings. The molecule has 29 heavy (non-hydrogen) atoms. The van der Waals surface area contributed by atoms with Crippen molar-refractivity contribution in [3.05, 3.63) is 41.1 Å². The number of nitrogens with one attached hydrogen (secondary N) is 3. The normalized spacial score (nSPS) is 12.8. The summed E-state index contributed by atoms with van der Waals surface area (Å²) in [4.78, 5) is 7.00. The molecule has 1 aromatic carbocycles. The number of rotatable bonds is 7. The van der Waals surface area contributed by atoms with E-state index in [1.807, 2.05) is 5.43 Å². The van der Waals surface area contributed by atoms with E-state index < -0.39 is 65.2 Å². The molecule has 0 aliphatic heterocycles. The van der Waals surface area contributed by atoms with Crippen molar-refractivity contribution in [1.82, 2.24) is 9.97 Å². The molecule has 0 aliphatic rings. The number of aliphatic hydroxyl groups is 1. The van der Waals surface area contributed by atoms with Crippen molar-refractivity contribution in [3.63, 3.8) is 0 Å². The highest BCUT2D eigenvalue weighted by Crippen LogP contribution is 2.30. The van der Waals surface area contributed by atoms with Crippen LogP contribution in [0.5, 0.6) is 0 Å². The number of nitrogens with zero attached hydrogens (tertiary/aromatic N) is 2. The summed E-state index contributed by atoms with van der Waals surface area (Å²) in [5.74, 6) is -8.36. The van der Waals surface area contributed by atoms with Crippen LogP contribution in [0, 0.1) is 29.2 Å². The zero-order chi connectivity index (χ0) is 21.9. The monoisotopic (exact) mass is 427 g/mol. The largest absolute Gasteiger partial charge is 0.433 e. The van der Waals surface area contributed by atoms with Gasteiger partial charge in [0.05, 0.1) is 12.6 Å². The molecule has 0 spiro atoms. The Bertz CT molecular complexity index is 849. The van der Waals surface area contributed by atoms with Crippen LogP contribution in [0.15, 0.2) is 12.1 Å². The van der Waals surface area contributed by atoms with Gasteiger partial charge in [-0.1, -0.05) is 13.8 Å². The average molecular weight is 427 g/mol. The zero-order valence-electron chi connectivity index (χ0n) is 15.0. The first kappa shape index (κ1) is 22.5. The predicted octanol–water partition coefficient (Wildman–Crippen LogP) is 3.92. The lowest BCUT2D eigenvalue weighted by Crippen LogP contribution is -2.31. The molecule has 0 saturated heterocycles. The number of halogens is 7. The molecule has 0 radical (unpaired) electrons. The summed E-state index contributed by atoms with van der Waals surface area (Å²) in [5.41, 5.74) is 1.01. The summed E-state index contributed by atoms with van der Waals surface area (Å²) < 4.78 is 93.1. The first-order valence-electron chi connectivity index (χ1n) is 8.12. The van der Waals surface area contributed by atoms with E-state index in [2.05, 4.69) is 15.3 Å². The van der Waals surface area contributed by atoms with Gasteiger partial charge in [0.1, 0.15) is 5.69 Å². The van der Waals surface area contributed by atoms with Gasteiger partial charge in [0.2, 0.25) is 5.95 Å². The van der Waals surface area contributed by atoms with Crippen LogP contribution in [0.25, 0.3) is 0 Å². The van der Waals surface area contributed by atoms with E-state index in [9.17, 15) is 35.8 Å². The van der Waals surface area contributed by atoms with Crippen LogP contribution in [-0.2, 0) is 6.18 Å². The molecule has 1 heterocycles. The molecular formula is C16H16F7N5O. The van der Waals surface area contributed by atoms with Gasteiger partial charge in [0, 0.05) is 12.1 Å². The van der Waals surface area contributed by atoms with Gasteiger partial charge in [-0.2, -0.15) is 18.2 Å². The Labute approximate surface area is 160 Å². The third-order valence-corrected chi connectivity index (χ3v) is 3.76. The second-order valence-corrected chi connectivity index (χ2v) is 6.23. The smallest absolute Gasteiger partial charge is 0.394 e. The Morgan fingerprint density at radius 1 is 0.966 bits per heavy atom. The van der Waals surface area contributed by atoms with Crippen LogP contribution in [0.3, 0.4) is 0 Å². The molecule has 6 nitrogen and oxygen atoms in total. The maximum absolute atomic E-state index is 13.7. The average Bonchev–Trinajstić information content (AvgIpc) is 2.63. The van der Waals surface area contributed by atoms with Gasteiger partial charge in [-0.05, 0) is 5.92 Å². The lowest BCUT2D eigenvalue weighted by molar-refractivity contribution is -0.141.